The molecule has 2 amide bonds. The maximum Gasteiger partial charge on any atom is 0.329 e. The van der Waals surface area contributed by atoms with Crippen molar-refractivity contribution in [3.05, 3.63) is 23.8 Å². The van der Waals surface area contributed by atoms with Crippen molar-refractivity contribution in [3.63, 3.8) is 0 Å². The van der Waals surface area contributed by atoms with Crippen molar-refractivity contribution in [2.24, 2.45) is 5.10 Å². The number of nitrogens with zero attached hydrogens (tertiary/aromatic N) is 2. The maximum absolute atomic E-state index is 12.1. The minimum atomic E-state index is -0.727. The number of benzene rings is 1. The van der Waals surface area contributed by atoms with Gasteiger partial charge in [0.15, 0.2) is 0 Å². The van der Waals surface area contributed by atoms with Gasteiger partial charge in [0.2, 0.25) is 0 Å². The van der Waals surface area contributed by atoms with Gasteiger partial charge in [-0.1, -0.05) is 12.8 Å². The summed E-state index contributed by atoms with van der Waals surface area (Å²) in [5.41, 5.74) is 2.92. The zero-order chi connectivity index (χ0) is 17.4. The van der Waals surface area contributed by atoms with E-state index in [4.69, 9.17) is 9.47 Å². The number of hydrogen-bond donors (Lipinski definition) is 1. The van der Waals surface area contributed by atoms with Crippen LogP contribution in [0.2, 0.25) is 0 Å². The number of hydrazone groups is 1. The average molecular weight is 333 g/mol. The van der Waals surface area contributed by atoms with Crippen LogP contribution >= 0.6 is 0 Å². The molecule has 1 aliphatic rings. The second kappa shape index (κ2) is 8.90. The molecule has 0 unspecified atom stereocenters. The second-order valence-corrected chi connectivity index (χ2v) is 5.51. The van der Waals surface area contributed by atoms with Crippen molar-refractivity contribution in [2.75, 3.05) is 27.3 Å². The summed E-state index contributed by atoms with van der Waals surface area (Å²) in [5, 5.41) is 3.86. The fourth-order valence-electron chi connectivity index (χ4n) is 2.57. The fraction of sp³-hybridized carbons (Fsp3) is 0.471. The van der Waals surface area contributed by atoms with Crippen LogP contribution in [0.3, 0.4) is 0 Å². The van der Waals surface area contributed by atoms with Gasteiger partial charge in [0.05, 0.1) is 20.4 Å². The molecule has 0 bridgehead atoms. The largest absolute Gasteiger partial charge is 0.497 e. The Morgan fingerprint density at radius 3 is 2.46 bits per heavy atom. The quantitative estimate of drug-likeness (QED) is 0.515. The van der Waals surface area contributed by atoms with Crippen LogP contribution in [0.1, 0.15) is 31.2 Å². The summed E-state index contributed by atoms with van der Waals surface area (Å²) in [6.07, 6.45) is 5.49. The van der Waals surface area contributed by atoms with Crippen molar-refractivity contribution in [3.8, 4) is 11.5 Å². The van der Waals surface area contributed by atoms with E-state index in [0.717, 1.165) is 25.7 Å². The summed E-state index contributed by atoms with van der Waals surface area (Å²) in [4.78, 5) is 25.6. The molecule has 7 nitrogen and oxygen atoms in total. The Kier molecular flexibility index (Phi) is 6.60. The molecule has 1 aliphatic heterocycles. The number of carbonyl (C=O) groups is 2. The first-order valence-electron chi connectivity index (χ1n) is 8.00. The van der Waals surface area contributed by atoms with Crippen molar-refractivity contribution >= 4 is 18.0 Å². The molecule has 1 fully saturated rings. The zero-order valence-electron chi connectivity index (χ0n) is 14.1. The molecule has 0 spiro atoms. The summed E-state index contributed by atoms with van der Waals surface area (Å²) in [5.74, 6) is -0.0291. The van der Waals surface area contributed by atoms with Gasteiger partial charge in [-0.05, 0) is 31.0 Å². The van der Waals surface area contributed by atoms with Crippen molar-refractivity contribution in [1.82, 2.24) is 10.3 Å². The predicted octanol–water partition coefficient (Wildman–Crippen LogP) is 1.56. The second-order valence-electron chi connectivity index (χ2n) is 5.51. The Labute approximate surface area is 141 Å². The molecule has 0 atom stereocenters. The highest BCUT2D eigenvalue weighted by Gasteiger charge is 2.22. The summed E-state index contributed by atoms with van der Waals surface area (Å²) in [7, 11) is 3.10. The first-order valence-corrected chi connectivity index (χ1v) is 8.00. The van der Waals surface area contributed by atoms with E-state index in [0.29, 0.717) is 30.2 Å². The van der Waals surface area contributed by atoms with Gasteiger partial charge in [-0.2, -0.15) is 5.10 Å². The zero-order valence-corrected chi connectivity index (χ0v) is 14.1. The summed E-state index contributed by atoms with van der Waals surface area (Å²) < 4.78 is 10.4. The minimum Gasteiger partial charge on any atom is -0.497 e. The molecule has 1 N–H and O–H groups in total. The van der Waals surface area contributed by atoms with Gasteiger partial charge in [0.1, 0.15) is 11.5 Å². The predicted molar refractivity (Wildman–Crippen MR) is 90.3 cm³/mol. The molecule has 1 aromatic carbocycles. The number of amides is 2. The molecule has 1 heterocycles. The molecule has 24 heavy (non-hydrogen) atoms. The lowest BCUT2D eigenvalue weighted by atomic mass is 10.2. The highest BCUT2D eigenvalue weighted by Crippen LogP contribution is 2.22. The molecular weight excluding hydrogens is 310 g/mol. The van der Waals surface area contributed by atoms with Gasteiger partial charge in [-0.3, -0.25) is 9.59 Å². The van der Waals surface area contributed by atoms with Crippen LogP contribution in [-0.4, -0.2) is 50.2 Å². The van der Waals surface area contributed by atoms with Crippen LogP contribution in [-0.2, 0) is 9.59 Å². The highest BCUT2D eigenvalue weighted by atomic mass is 16.5. The van der Waals surface area contributed by atoms with Crippen molar-refractivity contribution in [2.45, 2.75) is 25.7 Å². The lowest BCUT2D eigenvalue weighted by Gasteiger charge is -2.18. The van der Waals surface area contributed by atoms with E-state index in [1.807, 2.05) is 0 Å². The molecular formula is C17H23N3O4. The van der Waals surface area contributed by atoms with Crippen LogP contribution in [0.15, 0.2) is 23.3 Å². The molecule has 0 radical (unpaired) electrons. The first kappa shape index (κ1) is 17.8. The number of hydrogen-bond acceptors (Lipinski definition) is 5. The van der Waals surface area contributed by atoms with Crippen LogP contribution in [0.4, 0.5) is 0 Å². The van der Waals surface area contributed by atoms with E-state index in [1.54, 1.807) is 37.3 Å². The van der Waals surface area contributed by atoms with Gasteiger partial charge in [-0.15, -0.1) is 0 Å². The first-order chi connectivity index (χ1) is 11.7. The van der Waals surface area contributed by atoms with Crippen LogP contribution in [0.25, 0.3) is 0 Å². The normalized spacial score (nSPS) is 15.0. The van der Waals surface area contributed by atoms with E-state index in [1.165, 1.54) is 6.21 Å². The van der Waals surface area contributed by atoms with Crippen LogP contribution in [0, 0.1) is 0 Å². The molecule has 130 valence electrons. The molecule has 1 saturated heterocycles. The SMILES string of the molecule is COc1ccc(OC)c(/C=N\NC(=O)C(=O)N2CCCCCC2)c1. The smallest absolute Gasteiger partial charge is 0.329 e. The maximum atomic E-state index is 12.1. The molecule has 1 aromatic rings. The number of nitrogens with one attached hydrogen (secondary N) is 1. The van der Waals surface area contributed by atoms with E-state index < -0.39 is 11.8 Å². The lowest BCUT2D eigenvalue weighted by Crippen LogP contribution is -2.41. The summed E-state index contributed by atoms with van der Waals surface area (Å²) in [6.45, 7) is 1.25. The number of carbonyl (C=O) groups excluding carboxylic acids is 2. The van der Waals surface area contributed by atoms with Crippen molar-refractivity contribution < 1.29 is 19.1 Å². The molecule has 0 aliphatic carbocycles. The third kappa shape index (κ3) is 4.71. The third-order valence-corrected chi connectivity index (χ3v) is 3.89. The molecule has 0 saturated carbocycles. The van der Waals surface area contributed by atoms with Crippen LogP contribution < -0.4 is 14.9 Å². The summed E-state index contributed by atoms with van der Waals surface area (Å²) >= 11 is 0. The topological polar surface area (TPSA) is 80.2 Å². The Balaban J connectivity index is 1.97. The van der Waals surface area contributed by atoms with Gasteiger partial charge in [0.25, 0.3) is 0 Å². The fourth-order valence-corrected chi connectivity index (χ4v) is 2.57. The summed E-state index contributed by atoms with van der Waals surface area (Å²) in [6, 6.07) is 5.23. The van der Waals surface area contributed by atoms with E-state index >= 15 is 0 Å². The average Bonchev–Trinajstić information content (AvgIpc) is 2.90. The van der Waals surface area contributed by atoms with Gasteiger partial charge in [0, 0.05) is 18.7 Å². The lowest BCUT2D eigenvalue weighted by molar-refractivity contribution is -0.145. The number of likely N-dealkylation sites (tertiary alicyclic amines) is 1. The van der Waals surface area contributed by atoms with E-state index in [9.17, 15) is 9.59 Å². The molecule has 7 heteroatoms. The Morgan fingerprint density at radius 2 is 1.83 bits per heavy atom. The number of ether oxygens (including phenoxy) is 2. The van der Waals surface area contributed by atoms with Gasteiger partial charge < -0.3 is 14.4 Å². The molecule has 2 rings (SSSR count). The van der Waals surface area contributed by atoms with E-state index in [-0.39, 0.29) is 0 Å². The van der Waals surface area contributed by atoms with Crippen LogP contribution in [0.5, 0.6) is 11.5 Å². The monoisotopic (exact) mass is 333 g/mol. The Hall–Kier alpha value is -2.57. The Bertz CT molecular complexity index is 608. The third-order valence-electron chi connectivity index (χ3n) is 3.89. The van der Waals surface area contributed by atoms with E-state index in [2.05, 4.69) is 10.5 Å². The molecule has 0 aromatic heterocycles. The standard InChI is InChI=1S/C17H23N3O4/c1-23-14-7-8-15(24-2)13(11-14)12-18-19-16(21)17(22)20-9-5-3-4-6-10-20/h7-8,11-12H,3-6,9-10H2,1-2H3,(H,19,21)/b18-12-. The Morgan fingerprint density at radius 1 is 1.12 bits per heavy atom. The minimum absolute atomic E-state index is 0.536. The van der Waals surface area contributed by atoms with Gasteiger partial charge >= 0.3 is 11.8 Å². The number of methoxy groups -OCH3 is 2. The number of rotatable bonds is 4. The van der Waals surface area contributed by atoms with Gasteiger partial charge in [-0.25, -0.2) is 5.43 Å². The highest BCUT2D eigenvalue weighted by molar-refractivity contribution is 6.35. The van der Waals surface area contributed by atoms with Crippen molar-refractivity contribution in [1.29, 1.82) is 0 Å².